The summed E-state index contributed by atoms with van der Waals surface area (Å²) in [6.45, 7) is 0.124. The maximum Gasteiger partial charge on any atom is 0.408 e. The number of carbonyl (C=O) groups is 5. The molecule has 2 atom stereocenters. The molecule has 0 unspecified atom stereocenters. The van der Waals surface area contributed by atoms with Gasteiger partial charge >= 0.3 is 24.0 Å². The Kier molecular flexibility index (Phi) is 11.4. The Labute approximate surface area is 195 Å². The monoisotopic (exact) mass is 568 g/mol. The van der Waals surface area contributed by atoms with Gasteiger partial charge in [0.2, 0.25) is 6.10 Å². The van der Waals surface area contributed by atoms with Gasteiger partial charge in [0.05, 0.1) is 5.56 Å². The van der Waals surface area contributed by atoms with Crippen molar-refractivity contribution in [3.8, 4) is 0 Å². The molecule has 0 fully saturated rings. The van der Waals surface area contributed by atoms with E-state index in [-0.39, 0.29) is 24.9 Å². The highest BCUT2D eigenvalue weighted by molar-refractivity contribution is 14.1. The second-order valence-electron chi connectivity index (χ2n) is 6.58. The molecule has 2 amide bonds. The maximum absolute atomic E-state index is 13.8. The van der Waals surface area contributed by atoms with Crippen LogP contribution in [0.15, 0.2) is 18.2 Å². The fourth-order valence-corrected chi connectivity index (χ4v) is 2.94. The molecule has 0 spiro atoms. The van der Waals surface area contributed by atoms with Crippen LogP contribution in [-0.2, 0) is 19.1 Å². The van der Waals surface area contributed by atoms with Gasteiger partial charge in [0.15, 0.2) is 0 Å². The van der Waals surface area contributed by atoms with Gasteiger partial charge in [-0.3, -0.25) is 9.59 Å². The molecule has 0 bridgehead atoms. The molecule has 0 saturated carbocycles. The molecular formula is C19H22FIN2O9. The SMILES string of the molecule is O=C(O)CC[C@H](NC(=O)O[C@@H](CCCCNC(=O)c1ccc(I)cc1F)C(=O)O)C(=O)O. The van der Waals surface area contributed by atoms with Crippen molar-refractivity contribution in [1.29, 1.82) is 0 Å². The Morgan fingerprint density at radius 3 is 2.28 bits per heavy atom. The van der Waals surface area contributed by atoms with Crippen molar-refractivity contribution >= 4 is 52.5 Å². The molecule has 5 N–H and O–H groups in total. The van der Waals surface area contributed by atoms with Crippen LogP contribution >= 0.6 is 22.6 Å². The zero-order chi connectivity index (χ0) is 24.3. The lowest BCUT2D eigenvalue weighted by atomic mass is 10.1. The van der Waals surface area contributed by atoms with Crippen LogP contribution in [0.25, 0.3) is 0 Å². The summed E-state index contributed by atoms with van der Waals surface area (Å²) in [6, 6.07) is 2.59. The minimum Gasteiger partial charge on any atom is -0.481 e. The highest BCUT2D eigenvalue weighted by atomic mass is 127. The van der Waals surface area contributed by atoms with Crippen LogP contribution in [0.1, 0.15) is 42.5 Å². The molecule has 32 heavy (non-hydrogen) atoms. The first kappa shape index (κ1) is 27.1. The van der Waals surface area contributed by atoms with Crippen LogP contribution in [0.2, 0.25) is 0 Å². The van der Waals surface area contributed by atoms with Crippen molar-refractivity contribution in [3.63, 3.8) is 0 Å². The number of amides is 2. The number of hydrogen-bond donors (Lipinski definition) is 5. The average molecular weight is 568 g/mol. The van der Waals surface area contributed by atoms with E-state index in [0.29, 0.717) is 9.99 Å². The highest BCUT2D eigenvalue weighted by Crippen LogP contribution is 2.12. The second kappa shape index (κ2) is 13.4. The Hall–Kier alpha value is -2.97. The van der Waals surface area contributed by atoms with Crippen molar-refractivity contribution in [2.75, 3.05) is 6.54 Å². The van der Waals surface area contributed by atoms with Gasteiger partial charge in [-0.25, -0.2) is 18.8 Å². The molecule has 0 aliphatic rings. The molecular weight excluding hydrogens is 546 g/mol. The second-order valence-corrected chi connectivity index (χ2v) is 7.82. The normalized spacial score (nSPS) is 12.3. The number of carboxylic acid groups (broad SMARTS) is 3. The number of unbranched alkanes of at least 4 members (excludes halogenated alkanes) is 1. The molecule has 176 valence electrons. The van der Waals surface area contributed by atoms with Crippen molar-refractivity contribution in [1.82, 2.24) is 10.6 Å². The lowest BCUT2D eigenvalue weighted by Gasteiger charge is -2.17. The molecule has 0 radical (unpaired) electrons. The van der Waals surface area contributed by atoms with Crippen LogP contribution < -0.4 is 10.6 Å². The number of nitrogens with one attached hydrogen (secondary N) is 2. The molecule has 0 aliphatic carbocycles. The predicted molar refractivity (Wildman–Crippen MR) is 115 cm³/mol. The first-order valence-electron chi connectivity index (χ1n) is 9.39. The van der Waals surface area contributed by atoms with Gasteiger partial charge in [0.1, 0.15) is 11.9 Å². The molecule has 0 aliphatic heterocycles. The first-order chi connectivity index (χ1) is 15.0. The summed E-state index contributed by atoms with van der Waals surface area (Å²) >= 11 is 1.91. The van der Waals surface area contributed by atoms with Gasteiger partial charge in [-0.15, -0.1) is 0 Å². The van der Waals surface area contributed by atoms with E-state index >= 15 is 0 Å². The molecule has 1 aromatic rings. The third-order valence-electron chi connectivity index (χ3n) is 4.12. The van der Waals surface area contributed by atoms with E-state index in [9.17, 15) is 33.5 Å². The number of carbonyl (C=O) groups excluding carboxylic acids is 2. The van der Waals surface area contributed by atoms with E-state index in [1.54, 1.807) is 6.07 Å². The minimum atomic E-state index is -1.58. The minimum absolute atomic E-state index is 0.121. The predicted octanol–water partition coefficient (Wildman–Crippen LogP) is 1.83. The number of alkyl carbamates (subject to hydrolysis) is 1. The third kappa shape index (κ3) is 9.89. The van der Waals surface area contributed by atoms with Gasteiger partial charge in [0, 0.05) is 16.5 Å². The molecule has 0 aromatic heterocycles. The first-order valence-corrected chi connectivity index (χ1v) is 10.5. The fourth-order valence-electron chi connectivity index (χ4n) is 2.49. The molecule has 1 rings (SSSR count). The van der Waals surface area contributed by atoms with Crippen LogP contribution in [-0.4, -0.2) is 63.9 Å². The van der Waals surface area contributed by atoms with E-state index in [4.69, 9.17) is 14.9 Å². The summed E-state index contributed by atoms with van der Waals surface area (Å²) < 4.78 is 19.1. The van der Waals surface area contributed by atoms with Crippen LogP contribution in [0.4, 0.5) is 9.18 Å². The number of benzene rings is 1. The van der Waals surface area contributed by atoms with Crippen molar-refractivity contribution in [2.24, 2.45) is 0 Å². The molecule has 13 heteroatoms. The zero-order valence-electron chi connectivity index (χ0n) is 16.7. The van der Waals surface area contributed by atoms with Gasteiger partial charge in [-0.2, -0.15) is 0 Å². The van der Waals surface area contributed by atoms with E-state index in [0.717, 1.165) is 0 Å². The van der Waals surface area contributed by atoms with E-state index in [1.807, 2.05) is 27.9 Å². The number of ether oxygens (including phenoxy) is 1. The third-order valence-corrected chi connectivity index (χ3v) is 4.79. The largest absolute Gasteiger partial charge is 0.481 e. The van der Waals surface area contributed by atoms with Gasteiger partial charge in [-0.1, -0.05) is 0 Å². The average Bonchev–Trinajstić information content (AvgIpc) is 2.69. The van der Waals surface area contributed by atoms with Crippen LogP contribution in [0.5, 0.6) is 0 Å². The molecule has 1 aromatic carbocycles. The summed E-state index contributed by atoms with van der Waals surface area (Å²) in [5, 5.41) is 31.2. The Morgan fingerprint density at radius 1 is 1.03 bits per heavy atom. The van der Waals surface area contributed by atoms with E-state index in [2.05, 4.69) is 5.32 Å². The van der Waals surface area contributed by atoms with Gasteiger partial charge < -0.3 is 30.7 Å². The zero-order valence-corrected chi connectivity index (χ0v) is 18.8. The number of carboxylic acids is 3. The Bertz CT molecular complexity index is 865. The summed E-state index contributed by atoms with van der Waals surface area (Å²) in [7, 11) is 0. The Balaban J connectivity index is 2.45. The molecule has 0 saturated heterocycles. The molecule has 11 nitrogen and oxygen atoms in total. The van der Waals surface area contributed by atoms with Crippen molar-refractivity contribution in [2.45, 2.75) is 44.2 Å². The van der Waals surface area contributed by atoms with Gasteiger partial charge in [-0.05, 0) is 66.5 Å². The van der Waals surface area contributed by atoms with Crippen LogP contribution in [0, 0.1) is 9.39 Å². The number of aliphatic carboxylic acids is 3. The quantitative estimate of drug-likeness (QED) is 0.175. The number of hydrogen-bond acceptors (Lipinski definition) is 6. The van der Waals surface area contributed by atoms with Crippen LogP contribution in [0.3, 0.4) is 0 Å². The smallest absolute Gasteiger partial charge is 0.408 e. The Morgan fingerprint density at radius 2 is 1.72 bits per heavy atom. The lowest BCUT2D eigenvalue weighted by molar-refractivity contribution is -0.147. The van der Waals surface area contributed by atoms with Gasteiger partial charge in [0.25, 0.3) is 5.91 Å². The van der Waals surface area contributed by atoms with E-state index in [1.165, 1.54) is 12.1 Å². The summed E-state index contributed by atoms with van der Waals surface area (Å²) in [5.74, 6) is -5.49. The number of rotatable bonds is 13. The topological polar surface area (TPSA) is 179 Å². The molecule has 0 heterocycles. The summed E-state index contributed by atoms with van der Waals surface area (Å²) in [6.07, 6.45) is -3.39. The van der Waals surface area contributed by atoms with Crippen molar-refractivity contribution in [3.05, 3.63) is 33.1 Å². The fraction of sp³-hybridized carbons (Fsp3) is 0.421. The van der Waals surface area contributed by atoms with E-state index < -0.39 is 60.7 Å². The lowest BCUT2D eigenvalue weighted by Crippen LogP contribution is -2.43. The summed E-state index contributed by atoms with van der Waals surface area (Å²) in [4.78, 5) is 56.7. The summed E-state index contributed by atoms with van der Waals surface area (Å²) in [5.41, 5.74) is -0.121. The highest BCUT2D eigenvalue weighted by Gasteiger charge is 2.26. The standard InChI is InChI=1S/C19H22FIN2O9/c20-12-9-10(21)4-5-11(12)16(26)22-8-2-1-3-14(18(29)30)32-19(31)23-13(17(27)28)6-7-15(24)25/h4-5,9,13-14H,1-3,6-8H2,(H,22,26)(H,23,31)(H,24,25)(H,27,28)(H,29,30)/t13-,14-/m0/s1. The number of halogens is 2. The van der Waals surface area contributed by atoms with Crippen molar-refractivity contribution < 1.29 is 48.4 Å². The maximum atomic E-state index is 13.8.